The van der Waals surface area contributed by atoms with Crippen LogP contribution in [0.4, 0.5) is 0 Å². The minimum Gasteiger partial charge on any atom is -0.427 e. The Bertz CT molecular complexity index is 185. The molecule has 3 unspecified atom stereocenters. The Balaban J connectivity index is 2.39. The molecule has 0 aliphatic heterocycles. The van der Waals surface area contributed by atoms with Gasteiger partial charge in [-0.3, -0.25) is 0 Å². The molecule has 1 aliphatic carbocycles. The molecule has 0 heterocycles. The Morgan fingerprint density at radius 3 is 2.46 bits per heavy atom. The average Bonchev–Trinajstić information content (AvgIpc) is 2.57. The highest BCUT2D eigenvalue weighted by atomic mass is 16.5. The van der Waals surface area contributed by atoms with E-state index in [2.05, 4.69) is 13.8 Å². The topological polar surface area (TPSA) is 33.0 Å². The minimum atomic E-state index is 0.634. The van der Waals surface area contributed by atoms with Gasteiger partial charge in [-0.15, -0.1) is 0 Å². The summed E-state index contributed by atoms with van der Waals surface area (Å²) in [6.07, 6.45) is 6.88. The highest BCUT2D eigenvalue weighted by Crippen LogP contribution is 2.39. The summed E-state index contributed by atoms with van der Waals surface area (Å²) >= 11 is 0. The number of nitrogens with zero attached hydrogens (tertiary/aromatic N) is 1. The van der Waals surface area contributed by atoms with Gasteiger partial charge in [0.15, 0.2) is 0 Å². The number of ether oxygens (including phenoxy) is 1. The maximum absolute atomic E-state index is 8.34. The smallest absolute Gasteiger partial charge is 0.286 e. The Labute approximate surface area is 80.9 Å². The van der Waals surface area contributed by atoms with Crippen LogP contribution in [0.3, 0.4) is 0 Å². The normalized spacial score (nSPS) is 32.8. The van der Waals surface area contributed by atoms with Crippen molar-refractivity contribution >= 4 is 0 Å². The molecule has 13 heavy (non-hydrogen) atoms. The fraction of sp³-hybridized carbons (Fsp3) is 0.909. The molecule has 0 aromatic carbocycles. The summed E-state index contributed by atoms with van der Waals surface area (Å²) in [6, 6.07) is 0. The van der Waals surface area contributed by atoms with E-state index in [9.17, 15) is 0 Å². The zero-order valence-corrected chi connectivity index (χ0v) is 8.62. The van der Waals surface area contributed by atoms with Crippen molar-refractivity contribution in [2.24, 2.45) is 17.8 Å². The van der Waals surface area contributed by atoms with E-state index in [0.717, 1.165) is 11.8 Å². The molecule has 0 saturated heterocycles. The lowest BCUT2D eigenvalue weighted by Gasteiger charge is -2.14. The van der Waals surface area contributed by atoms with Gasteiger partial charge in [0.2, 0.25) is 0 Å². The van der Waals surface area contributed by atoms with E-state index in [1.54, 1.807) is 6.26 Å². The van der Waals surface area contributed by atoms with Crippen LogP contribution in [0.15, 0.2) is 0 Å². The maximum Gasteiger partial charge on any atom is 0.286 e. The predicted octanol–water partition coefficient (Wildman–Crippen LogP) is 2.95. The van der Waals surface area contributed by atoms with Gasteiger partial charge in [-0.05, 0) is 30.6 Å². The first-order chi connectivity index (χ1) is 6.31. The Kier molecular flexibility index (Phi) is 4.08. The molecule has 0 radical (unpaired) electrons. The van der Waals surface area contributed by atoms with Crippen molar-refractivity contribution in [2.45, 2.75) is 39.5 Å². The summed E-state index contributed by atoms with van der Waals surface area (Å²) in [5, 5.41) is 8.34. The van der Waals surface area contributed by atoms with Gasteiger partial charge in [0, 0.05) is 0 Å². The van der Waals surface area contributed by atoms with Gasteiger partial charge in [0.05, 0.1) is 0 Å². The second-order valence-electron chi connectivity index (χ2n) is 4.08. The summed E-state index contributed by atoms with van der Waals surface area (Å²) in [6.45, 7) is 5.14. The van der Waals surface area contributed by atoms with Crippen molar-refractivity contribution in [3.8, 4) is 6.26 Å². The molecule has 1 rings (SSSR count). The van der Waals surface area contributed by atoms with Crippen molar-refractivity contribution in [3.05, 3.63) is 0 Å². The van der Waals surface area contributed by atoms with Crippen molar-refractivity contribution in [1.82, 2.24) is 0 Å². The van der Waals surface area contributed by atoms with Gasteiger partial charge in [-0.2, -0.15) is 5.26 Å². The van der Waals surface area contributed by atoms with Crippen molar-refractivity contribution < 1.29 is 4.74 Å². The molecule has 74 valence electrons. The first-order valence-electron chi connectivity index (χ1n) is 5.32. The van der Waals surface area contributed by atoms with E-state index in [1.165, 1.54) is 25.7 Å². The molecular weight excluding hydrogens is 162 g/mol. The van der Waals surface area contributed by atoms with E-state index in [4.69, 9.17) is 10.00 Å². The van der Waals surface area contributed by atoms with Crippen LogP contribution in [0, 0.1) is 29.3 Å². The summed E-state index contributed by atoms with van der Waals surface area (Å²) in [5.41, 5.74) is 0. The van der Waals surface area contributed by atoms with Gasteiger partial charge >= 0.3 is 0 Å². The third kappa shape index (κ3) is 2.62. The summed E-state index contributed by atoms with van der Waals surface area (Å²) in [7, 11) is 0. The van der Waals surface area contributed by atoms with Gasteiger partial charge in [-0.25, -0.2) is 0 Å². The molecule has 2 nitrogen and oxygen atoms in total. The lowest BCUT2D eigenvalue weighted by Crippen LogP contribution is -2.12. The van der Waals surface area contributed by atoms with Crippen LogP contribution in [0.1, 0.15) is 39.5 Å². The molecule has 1 saturated carbocycles. The fourth-order valence-electron chi connectivity index (χ4n) is 2.52. The number of rotatable bonds is 4. The zero-order chi connectivity index (χ0) is 9.68. The number of hydrogen-bond acceptors (Lipinski definition) is 2. The van der Waals surface area contributed by atoms with Crippen LogP contribution >= 0.6 is 0 Å². The van der Waals surface area contributed by atoms with Gasteiger partial charge < -0.3 is 4.74 Å². The zero-order valence-electron chi connectivity index (χ0n) is 8.62. The molecule has 0 amide bonds. The largest absolute Gasteiger partial charge is 0.427 e. The van der Waals surface area contributed by atoms with Crippen LogP contribution in [0.5, 0.6) is 0 Å². The molecular formula is C11H19NO. The van der Waals surface area contributed by atoms with Gasteiger partial charge in [-0.1, -0.05) is 26.7 Å². The molecule has 0 N–H and O–H groups in total. The minimum absolute atomic E-state index is 0.634. The van der Waals surface area contributed by atoms with E-state index in [1.807, 2.05) is 0 Å². The third-order valence-electron chi connectivity index (χ3n) is 3.40. The first kappa shape index (κ1) is 10.4. The van der Waals surface area contributed by atoms with E-state index in [0.29, 0.717) is 12.5 Å². The number of hydrogen-bond donors (Lipinski definition) is 0. The second kappa shape index (κ2) is 5.11. The first-order valence-corrected chi connectivity index (χ1v) is 5.32. The molecule has 1 aliphatic rings. The van der Waals surface area contributed by atoms with E-state index >= 15 is 0 Å². The average molecular weight is 181 g/mol. The van der Waals surface area contributed by atoms with Crippen LogP contribution in [-0.2, 0) is 4.74 Å². The SMILES string of the molecule is CCC1CC(CC)C(COC#N)C1. The molecule has 0 bridgehead atoms. The van der Waals surface area contributed by atoms with Gasteiger partial charge in [0.1, 0.15) is 6.61 Å². The Hall–Kier alpha value is -0.710. The van der Waals surface area contributed by atoms with Crippen LogP contribution in [-0.4, -0.2) is 6.61 Å². The van der Waals surface area contributed by atoms with Gasteiger partial charge in [0.25, 0.3) is 6.26 Å². The quantitative estimate of drug-likeness (QED) is 0.625. The fourth-order valence-corrected chi connectivity index (χ4v) is 2.52. The van der Waals surface area contributed by atoms with Crippen molar-refractivity contribution in [3.63, 3.8) is 0 Å². The second-order valence-corrected chi connectivity index (χ2v) is 4.08. The monoisotopic (exact) mass is 181 g/mol. The summed E-state index contributed by atoms with van der Waals surface area (Å²) < 4.78 is 4.85. The van der Waals surface area contributed by atoms with Crippen molar-refractivity contribution in [1.29, 1.82) is 5.26 Å². The third-order valence-corrected chi connectivity index (χ3v) is 3.40. The van der Waals surface area contributed by atoms with Crippen LogP contribution in [0.25, 0.3) is 0 Å². The van der Waals surface area contributed by atoms with E-state index < -0.39 is 0 Å². The summed E-state index contributed by atoms with van der Waals surface area (Å²) in [4.78, 5) is 0. The molecule has 0 spiro atoms. The van der Waals surface area contributed by atoms with Crippen LogP contribution in [0.2, 0.25) is 0 Å². The van der Waals surface area contributed by atoms with E-state index in [-0.39, 0.29) is 0 Å². The predicted molar refractivity (Wildman–Crippen MR) is 51.9 cm³/mol. The van der Waals surface area contributed by atoms with Crippen molar-refractivity contribution in [2.75, 3.05) is 6.61 Å². The Morgan fingerprint density at radius 1 is 1.23 bits per heavy atom. The molecule has 0 aromatic rings. The summed E-state index contributed by atoms with van der Waals surface area (Å²) in [5.74, 6) is 2.30. The lowest BCUT2D eigenvalue weighted by molar-refractivity contribution is 0.179. The molecule has 3 atom stereocenters. The van der Waals surface area contributed by atoms with Crippen LogP contribution < -0.4 is 0 Å². The highest BCUT2D eigenvalue weighted by molar-refractivity contribution is 4.82. The molecule has 2 heteroatoms. The Morgan fingerprint density at radius 2 is 1.92 bits per heavy atom. The standard InChI is InChI=1S/C11H19NO/c1-3-9-5-10(4-2)11(6-9)7-13-8-12/h9-11H,3-7H2,1-2H3. The molecule has 0 aromatic heterocycles. The molecule has 1 fully saturated rings. The number of nitriles is 1. The highest BCUT2D eigenvalue weighted by Gasteiger charge is 2.32. The maximum atomic E-state index is 8.34. The lowest BCUT2D eigenvalue weighted by atomic mass is 9.94.